The van der Waals surface area contributed by atoms with Crippen LogP contribution in [-0.4, -0.2) is 34.8 Å². The first-order valence-corrected chi connectivity index (χ1v) is 5.43. The molecule has 0 saturated heterocycles. The summed E-state index contributed by atoms with van der Waals surface area (Å²) in [5.74, 6) is 0.376. The number of fused-ring (bicyclic) bond motifs is 1. The second-order valence-corrected chi connectivity index (χ2v) is 3.70. The third-order valence-electron chi connectivity index (χ3n) is 2.54. The minimum absolute atomic E-state index is 0.126. The zero-order valence-electron chi connectivity index (χ0n) is 9.56. The second-order valence-electron chi connectivity index (χ2n) is 3.70. The van der Waals surface area contributed by atoms with Gasteiger partial charge in [-0.05, 0) is 18.6 Å². The van der Waals surface area contributed by atoms with E-state index in [1.807, 2.05) is 6.07 Å². The summed E-state index contributed by atoms with van der Waals surface area (Å²) in [6, 6.07) is 5.32. The Bertz CT molecular complexity index is 534. The summed E-state index contributed by atoms with van der Waals surface area (Å²) in [4.78, 5) is 19.0. The van der Waals surface area contributed by atoms with Gasteiger partial charge in [-0.15, -0.1) is 0 Å². The molecule has 0 spiro atoms. The van der Waals surface area contributed by atoms with Crippen LogP contribution < -0.4 is 0 Å². The largest absolute Gasteiger partial charge is 0.465 e. The number of aliphatic hydroxyl groups is 1. The lowest BCUT2D eigenvalue weighted by Crippen LogP contribution is -2.01. The minimum Gasteiger partial charge on any atom is -0.465 e. The highest BCUT2D eigenvalue weighted by atomic mass is 16.5. The molecule has 0 aliphatic heterocycles. The lowest BCUT2D eigenvalue weighted by atomic mass is 10.2. The van der Waals surface area contributed by atoms with Gasteiger partial charge in [-0.2, -0.15) is 0 Å². The highest BCUT2D eigenvalue weighted by molar-refractivity contribution is 6.01. The number of benzene rings is 1. The van der Waals surface area contributed by atoms with Crippen molar-refractivity contribution in [2.24, 2.45) is 0 Å². The molecule has 0 fully saturated rings. The number of hydrogen-bond donors (Lipinski definition) is 2. The summed E-state index contributed by atoms with van der Waals surface area (Å²) in [7, 11) is 1.35. The second kappa shape index (κ2) is 4.97. The van der Waals surface area contributed by atoms with E-state index < -0.39 is 5.97 Å². The topological polar surface area (TPSA) is 75.2 Å². The van der Waals surface area contributed by atoms with Crippen LogP contribution in [0.25, 0.3) is 11.0 Å². The summed E-state index contributed by atoms with van der Waals surface area (Å²) in [6.07, 6.45) is 1.30. The predicted octanol–water partition coefficient (Wildman–Crippen LogP) is 1.27. The van der Waals surface area contributed by atoms with Crippen LogP contribution in [0.3, 0.4) is 0 Å². The highest BCUT2D eigenvalue weighted by Crippen LogP contribution is 2.17. The maximum atomic E-state index is 11.5. The molecule has 90 valence electrons. The number of para-hydroxylation sites is 1. The molecule has 0 aliphatic rings. The van der Waals surface area contributed by atoms with Crippen molar-refractivity contribution in [1.29, 1.82) is 0 Å². The molecule has 2 rings (SSSR count). The molecule has 0 unspecified atom stereocenters. The fourth-order valence-electron chi connectivity index (χ4n) is 1.72. The first kappa shape index (κ1) is 11.6. The van der Waals surface area contributed by atoms with E-state index in [4.69, 9.17) is 9.84 Å². The number of rotatable bonds is 4. The minimum atomic E-state index is -0.393. The van der Waals surface area contributed by atoms with Crippen molar-refractivity contribution in [2.75, 3.05) is 13.7 Å². The fraction of sp³-hybridized carbons (Fsp3) is 0.333. The predicted molar refractivity (Wildman–Crippen MR) is 62.8 cm³/mol. The lowest BCUT2D eigenvalue weighted by molar-refractivity contribution is 0.0603. The molecule has 1 heterocycles. The number of ether oxygens (including phenoxy) is 1. The molecule has 0 radical (unpaired) electrons. The first-order valence-electron chi connectivity index (χ1n) is 5.43. The molecule has 5 nitrogen and oxygen atoms in total. The molecule has 1 aromatic carbocycles. The van der Waals surface area contributed by atoms with Crippen LogP contribution in [0, 0.1) is 0 Å². The van der Waals surface area contributed by atoms with Gasteiger partial charge in [0.1, 0.15) is 11.3 Å². The van der Waals surface area contributed by atoms with Gasteiger partial charge in [0, 0.05) is 13.0 Å². The van der Waals surface area contributed by atoms with Crippen molar-refractivity contribution in [3.8, 4) is 0 Å². The molecule has 17 heavy (non-hydrogen) atoms. The number of imidazole rings is 1. The smallest absolute Gasteiger partial charge is 0.340 e. The standard InChI is InChI=1S/C12H14N2O3/c1-17-12(16)8-4-2-5-9-11(8)14-10(13-9)6-3-7-15/h2,4-5,15H,3,6-7H2,1H3,(H,13,14). The molecule has 0 bridgehead atoms. The number of aryl methyl sites for hydroxylation is 1. The van der Waals surface area contributed by atoms with Gasteiger partial charge in [-0.3, -0.25) is 0 Å². The van der Waals surface area contributed by atoms with Crippen LogP contribution in [-0.2, 0) is 11.2 Å². The van der Waals surface area contributed by atoms with E-state index in [1.54, 1.807) is 12.1 Å². The number of esters is 1. The van der Waals surface area contributed by atoms with Gasteiger partial charge >= 0.3 is 5.97 Å². The normalized spacial score (nSPS) is 10.7. The number of nitrogens with one attached hydrogen (secondary N) is 1. The van der Waals surface area contributed by atoms with E-state index >= 15 is 0 Å². The Morgan fingerprint density at radius 2 is 2.35 bits per heavy atom. The third-order valence-corrected chi connectivity index (χ3v) is 2.54. The van der Waals surface area contributed by atoms with Crippen LogP contribution in [0.5, 0.6) is 0 Å². The zero-order chi connectivity index (χ0) is 12.3. The Kier molecular flexibility index (Phi) is 3.39. The van der Waals surface area contributed by atoms with Crippen molar-refractivity contribution in [2.45, 2.75) is 12.8 Å². The Balaban J connectivity index is 2.42. The van der Waals surface area contributed by atoms with Gasteiger partial charge in [0.25, 0.3) is 0 Å². The van der Waals surface area contributed by atoms with Crippen molar-refractivity contribution >= 4 is 17.0 Å². The molecule has 0 saturated carbocycles. The van der Waals surface area contributed by atoms with Gasteiger partial charge in [-0.25, -0.2) is 9.78 Å². The van der Waals surface area contributed by atoms with Crippen molar-refractivity contribution in [3.63, 3.8) is 0 Å². The van der Waals surface area contributed by atoms with Gasteiger partial charge in [0.15, 0.2) is 0 Å². The van der Waals surface area contributed by atoms with E-state index in [1.165, 1.54) is 7.11 Å². The Labute approximate surface area is 98.4 Å². The van der Waals surface area contributed by atoms with E-state index in [2.05, 4.69) is 9.97 Å². The molecule has 2 N–H and O–H groups in total. The number of carbonyl (C=O) groups is 1. The zero-order valence-corrected chi connectivity index (χ0v) is 9.56. The quantitative estimate of drug-likeness (QED) is 0.781. The molecular formula is C12H14N2O3. The molecule has 0 atom stereocenters. The molecule has 2 aromatic rings. The fourth-order valence-corrected chi connectivity index (χ4v) is 1.72. The van der Waals surface area contributed by atoms with Crippen molar-refractivity contribution < 1.29 is 14.6 Å². The lowest BCUT2D eigenvalue weighted by Gasteiger charge is -1.98. The number of methoxy groups -OCH3 is 1. The van der Waals surface area contributed by atoms with Gasteiger partial charge < -0.3 is 14.8 Å². The Morgan fingerprint density at radius 3 is 3.06 bits per heavy atom. The number of aromatic amines is 1. The number of carbonyl (C=O) groups excluding carboxylic acids is 1. The number of H-pyrrole nitrogens is 1. The van der Waals surface area contributed by atoms with E-state index in [0.29, 0.717) is 23.9 Å². The van der Waals surface area contributed by atoms with Crippen LogP contribution >= 0.6 is 0 Å². The van der Waals surface area contributed by atoms with Gasteiger partial charge in [0.2, 0.25) is 0 Å². The Hall–Kier alpha value is -1.88. The maximum Gasteiger partial charge on any atom is 0.340 e. The number of nitrogens with zero attached hydrogens (tertiary/aromatic N) is 1. The van der Waals surface area contributed by atoms with Crippen LogP contribution in [0.15, 0.2) is 18.2 Å². The average Bonchev–Trinajstić information content (AvgIpc) is 2.77. The van der Waals surface area contributed by atoms with Crippen molar-refractivity contribution in [3.05, 3.63) is 29.6 Å². The third kappa shape index (κ3) is 2.29. The maximum absolute atomic E-state index is 11.5. The van der Waals surface area contributed by atoms with E-state index in [9.17, 15) is 4.79 Å². The summed E-state index contributed by atoms with van der Waals surface area (Å²) in [5.41, 5.74) is 1.88. The molecule has 5 heteroatoms. The van der Waals surface area contributed by atoms with Gasteiger partial charge in [-0.1, -0.05) is 6.07 Å². The number of aromatic nitrogens is 2. The van der Waals surface area contributed by atoms with Crippen LogP contribution in [0.1, 0.15) is 22.6 Å². The van der Waals surface area contributed by atoms with E-state index in [-0.39, 0.29) is 6.61 Å². The van der Waals surface area contributed by atoms with Crippen molar-refractivity contribution in [1.82, 2.24) is 9.97 Å². The summed E-state index contributed by atoms with van der Waals surface area (Å²) in [6.45, 7) is 0.126. The molecule has 1 aromatic heterocycles. The van der Waals surface area contributed by atoms with Crippen LogP contribution in [0.4, 0.5) is 0 Å². The average molecular weight is 234 g/mol. The summed E-state index contributed by atoms with van der Waals surface area (Å²) < 4.78 is 4.70. The van der Waals surface area contributed by atoms with E-state index in [0.717, 1.165) is 11.3 Å². The van der Waals surface area contributed by atoms with Gasteiger partial charge in [0.05, 0.1) is 18.2 Å². The molecular weight excluding hydrogens is 220 g/mol. The molecule has 0 amide bonds. The molecule has 0 aliphatic carbocycles. The number of hydrogen-bond acceptors (Lipinski definition) is 4. The van der Waals surface area contributed by atoms with Crippen LogP contribution in [0.2, 0.25) is 0 Å². The first-order chi connectivity index (χ1) is 8.26. The highest BCUT2D eigenvalue weighted by Gasteiger charge is 2.13. The summed E-state index contributed by atoms with van der Waals surface area (Å²) in [5, 5.41) is 8.77. The monoisotopic (exact) mass is 234 g/mol. The number of aliphatic hydroxyl groups excluding tert-OH is 1. The Morgan fingerprint density at radius 1 is 1.53 bits per heavy atom. The summed E-state index contributed by atoms with van der Waals surface area (Å²) >= 11 is 0. The SMILES string of the molecule is COC(=O)c1cccc2[nH]c(CCCO)nc12.